The van der Waals surface area contributed by atoms with E-state index in [-0.39, 0.29) is 11.7 Å². The van der Waals surface area contributed by atoms with Crippen molar-refractivity contribution in [3.05, 3.63) is 35.9 Å². The first-order chi connectivity index (χ1) is 6.79. The molecule has 1 nitrogen and oxygen atoms in total. The van der Waals surface area contributed by atoms with Crippen molar-refractivity contribution < 1.29 is 4.79 Å². The van der Waals surface area contributed by atoms with E-state index in [0.29, 0.717) is 0 Å². The highest BCUT2D eigenvalue weighted by Crippen LogP contribution is 2.34. The third-order valence-corrected chi connectivity index (χ3v) is 3.32. The van der Waals surface area contributed by atoms with Gasteiger partial charge < -0.3 is 0 Å². The van der Waals surface area contributed by atoms with Crippen molar-refractivity contribution in [2.75, 3.05) is 0 Å². The molecule has 1 aliphatic rings. The standard InChI is InChI=1S/C12H13ClO/c13-11(9-5-2-1-3-6-9)12(14)10-7-4-8-10/h1-3,5-6,10-11H,4,7-8H2. The minimum atomic E-state index is -0.443. The summed E-state index contributed by atoms with van der Waals surface area (Å²) in [6.45, 7) is 0. The molecule has 1 atom stereocenters. The van der Waals surface area contributed by atoms with Gasteiger partial charge in [-0.25, -0.2) is 0 Å². The largest absolute Gasteiger partial charge is 0.297 e. The zero-order valence-electron chi connectivity index (χ0n) is 7.95. The van der Waals surface area contributed by atoms with E-state index in [0.717, 1.165) is 18.4 Å². The fourth-order valence-corrected chi connectivity index (χ4v) is 2.01. The molecule has 0 spiro atoms. The van der Waals surface area contributed by atoms with Crippen molar-refractivity contribution in [2.24, 2.45) is 5.92 Å². The number of hydrogen-bond donors (Lipinski definition) is 0. The van der Waals surface area contributed by atoms with Gasteiger partial charge in [0, 0.05) is 5.92 Å². The van der Waals surface area contributed by atoms with Crippen LogP contribution < -0.4 is 0 Å². The topological polar surface area (TPSA) is 17.1 Å². The Morgan fingerprint density at radius 2 is 1.93 bits per heavy atom. The van der Waals surface area contributed by atoms with Gasteiger partial charge in [-0.15, -0.1) is 11.6 Å². The van der Waals surface area contributed by atoms with Gasteiger partial charge in [-0.2, -0.15) is 0 Å². The summed E-state index contributed by atoms with van der Waals surface area (Å²) in [4.78, 5) is 11.8. The van der Waals surface area contributed by atoms with Crippen LogP contribution >= 0.6 is 11.6 Å². The van der Waals surface area contributed by atoms with Crippen LogP contribution in [0.5, 0.6) is 0 Å². The van der Waals surface area contributed by atoms with Gasteiger partial charge in [0.05, 0.1) is 0 Å². The Labute approximate surface area is 89.1 Å². The van der Waals surface area contributed by atoms with Crippen molar-refractivity contribution in [3.8, 4) is 0 Å². The minimum absolute atomic E-state index is 0.198. The molecule has 0 N–H and O–H groups in total. The van der Waals surface area contributed by atoms with Crippen LogP contribution in [0.25, 0.3) is 0 Å². The Balaban J connectivity index is 2.07. The first-order valence-electron chi connectivity index (χ1n) is 5.02. The van der Waals surface area contributed by atoms with Crippen LogP contribution in [-0.2, 0) is 4.79 Å². The van der Waals surface area contributed by atoms with E-state index in [9.17, 15) is 4.79 Å². The molecule has 1 aliphatic carbocycles. The number of halogens is 1. The van der Waals surface area contributed by atoms with Gasteiger partial charge in [-0.1, -0.05) is 36.8 Å². The molecule has 1 aromatic carbocycles. The molecule has 0 saturated heterocycles. The Morgan fingerprint density at radius 1 is 1.29 bits per heavy atom. The van der Waals surface area contributed by atoms with E-state index in [2.05, 4.69) is 0 Å². The lowest BCUT2D eigenvalue weighted by Crippen LogP contribution is -2.25. The van der Waals surface area contributed by atoms with Crippen LogP contribution in [0.3, 0.4) is 0 Å². The maximum Gasteiger partial charge on any atom is 0.158 e. The minimum Gasteiger partial charge on any atom is -0.297 e. The number of Topliss-reactive ketones (excluding diaryl/α,β-unsaturated/α-hetero) is 1. The molecule has 0 amide bonds. The summed E-state index contributed by atoms with van der Waals surface area (Å²) in [7, 11) is 0. The lowest BCUT2D eigenvalue weighted by Gasteiger charge is -2.25. The fraction of sp³-hybridized carbons (Fsp3) is 0.417. The van der Waals surface area contributed by atoms with E-state index >= 15 is 0 Å². The molecule has 1 saturated carbocycles. The average molecular weight is 209 g/mol. The first kappa shape index (κ1) is 9.72. The highest BCUT2D eigenvalue weighted by Gasteiger charge is 2.30. The van der Waals surface area contributed by atoms with Gasteiger partial charge in [0.1, 0.15) is 5.38 Å². The number of carbonyl (C=O) groups is 1. The molecule has 1 aromatic rings. The van der Waals surface area contributed by atoms with Crippen LogP contribution in [0.1, 0.15) is 30.2 Å². The summed E-state index contributed by atoms with van der Waals surface area (Å²) in [6.07, 6.45) is 3.22. The van der Waals surface area contributed by atoms with Crippen molar-refractivity contribution in [1.29, 1.82) is 0 Å². The maximum absolute atomic E-state index is 11.8. The third kappa shape index (κ3) is 1.83. The number of rotatable bonds is 3. The van der Waals surface area contributed by atoms with Crippen molar-refractivity contribution in [3.63, 3.8) is 0 Å². The van der Waals surface area contributed by atoms with Gasteiger partial charge in [-0.3, -0.25) is 4.79 Å². The predicted octanol–water partition coefficient (Wildman–Crippen LogP) is 3.34. The lowest BCUT2D eigenvalue weighted by molar-refractivity contribution is -0.124. The molecule has 14 heavy (non-hydrogen) atoms. The molecule has 1 fully saturated rings. The molecule has 1 unspecified atom stereocenters. The molecular formula is C12H13ClO. The van der Waals surface area contributed by atoms with Crippen LogP contribution in [0.2, 0.25) is 0 Å². The number of alkyl halides is 1. The number of hydrogen-bond acceptors (Lipinski definition) is 1. The average Bonchev–Trinajstić information content (AvgIpc) is 2.15. The number of ketones is 1. The molecule has 0 bridgehead atoms. The molecule has 0 aromatic heterocycles. The van der Waals surface area contributed by atoms with Crippen molar-refractivity contribution in [2.45, 2.75) is 24.6 Å². The van der Waals surface area contributed by atoms with E-state index in [1.54, 1.807) is 0 Å². The molecule has 0 heterocycles. The second kappa shape index (κ2) is 4.14. The molecule has 0 radical (unpaired) electrons. The molecule has 0 aliphatic heterocycles. The quantitative estimate of drug-likeness (QED) is 0.697. The Hall–Kier alpha value is -0.820. The van der Waals surface area contributed by atoms with E-state index < -0.39 is 5.38 Å². The van der Waals surface area contributed by atoms with Crippen LogP contribution in [0.15, 0.2) is 30.3 Å². The van der Waals surface area contributed by atoms with E-state index in [4.69, 9.17) is 11.6 Å². The highest BCUT2D eigenvalue weighted by atomic mass is 35.5. The SMILES string of the molecule is O=C(C1CCC1)C(Cl)c1ccccc1. The second-order valence-electron chi connectivity index (χ2n) is 3.80. The zero-order valence-corrected chi connectivity index (χ0v) is 8.70. The predicted molar refractivity (Wildman–Crippen MR) is 57.4 cm³/mol. The highest BCUT2D eigenvalue weighted by molar-refractivity contribution is 6.31. The van der Waals surface area contributed by atoms with Gasteiger partial charge in [0.15, 0.2) is 5.78 Å². The Kier molecular flexibility index (Phi) is 2.87. The van der Waals surface area contributed by atoms with Gasteiger partial charge in [0.2, 0.25) is 0 Å². The van der Waals surface area contributed by atoms with Crippen molar-refractivity contribution >= 4 is 17.4 Å². The normalized spacial score (nSPS) is 18.6. The van der Waals surface area contributed by atoms with Crippen molar-refractivity contribution in [1.82, 2.24) is 0 Å². The smallest absolute Gasteiger partial charge is 0.158 e. The number of benzene rings is 1. The number of carbonyl (C=O) groups excluding carboxylic acids is 1. The fourth-order valence-electron chi connectivity index (χ4n) is 1.69. The van der Waals surface area contributed by atoms with Crippen LogP contribution in [-0.4, -0.2) is 5.78 Å². The summed E-state index contributed by atoms with van der Waals surface area (Å²) in [5, 5.41) is -0.443. The third-order valence-electron chi connectivity index (χ3n) is 2.85. The summed E-state index contributed by atoms with van der Waals surface area (Å²) in [5.74, 6) is 0.418. The summed E-state index contributed by atoms with van der Waals surface area (Å²) < 4.78 is 0. The molecular weight excluding hydrogens is 196 g/mol. The van der Waals surface area contributed by atoms with Gasteiger partial charge in [-0.05, 0) is 18.4 Å². The van der Waals surface area contributed by atoms with Crippen LogP contribution in [0.4, 0.5) is 0 Å². The van der Waals surface area contributed by atoms with E-state index in [1.165, 1.54) is 6.42 Å². The van der Waals surface area contributed by atoms with E-state index in [1.807, 2.05) is 30.3 Å². The summed E-state index contributed by atoms with van der Waals surface area (Å²) in [5.41, 5.74) is 0.922. The molecule has 2 heteroatoms. The second-order valence-corrected chi connectivity index (χ2v) is 4.24. The zero-order chi connectivity index (χ0) is 9.97. The molecule has 2 rings (SSSR count). The molecule has 74 valence electrons. The Bertz CT molecular complexity index is 316. The van der Waals surface area contributed by atoms with Crippen LogP contribution in [0, 0.1) is 5.92 Å². The first-order valence-corrected chi connectivity index (χ1v) is 5.45. The lowest BCUT2D eigenvalue weighted by atomic mass is 9.80. The van der Waals surface area contributed by atoms with Gasteiger partial charge >= 0.3 is 0 Å². The van der Waals surface area contributed by atoms with Gasteiger partial charge in [0.25, 0.3) is 0 Å². The summed E-state index contributed by atoms with van der Waals surface area (Å²) in [6, 6.07) is 9.58. The Morgan fingerprint density at radius 3 is 2.43 bits per heavy atom. The summed E-state index contributed by atoms with van der Waals surface area (Å²) >= 11 is 6.11. The maximum atomic E-state index is 11.8. The monoisotopic (exact) mass is 208 g/mol.